The van der Waals surface area contributed by atoms with Crippen LogP contribution in [0.25, 0.3) is 5.69 Å². The molecule has 0 amide bonds. The molecule has 0 unspecified atom stereocenters. The second-order valence-electron chi connectivity index (χ2n) is 7.38. The predicted molar refractivity (Wildman–Crippen MR) is 119 cm³/mol. The van der Waals surface area contributed by atoms with Crippen molar-refractivity contribution >= 4 is 28.9 Å². The summed E-state index contributed by atoms with van der Waals surface area (Å²) in [6, 6.07) is 10.3. The van der Waals surface area contributed by atoms with Gasteiger partial charge in [-0.3, -0.25) is 14.3 Å². The minimum atomic E-state index is -0.279. The van der Waals surface area contributed by atoms with E-state index in [4.69, 9.17) is 0 Å². The lowest BCUT2D eigenvalue weighted by molar-refractivity contribution is 0.102. The van der Waals surface area contributed by atoms with E-state index in [1.54, 1.807) is 23.5 Å². The maximum Gasteiger partial charge on any atom is 0.196 e. The lowest BCUT2D eigenvalue weighted by Crippen LogP contribution is -2.30. The number of piperidine rings is 1. The normalized spacial score (nSPS) is 14.9. The minimum absolute atomic E-state index is 0.0935. The van der Waals surface area contributed by atoms with Crippen LogP contribution in [0.15, 0.2) is 41.6 Å². The Labute approximate surface area is 184 Å². The number of carbonyl (C=O) groups excluding carboxylic acids is 1. The number of ketones is 1. The summed E-state index contributed by atoms with van der Waals surface area (Å²) >= 11 is 2.94. The fraction of sp³-hybridized carbons (Fsp3) is 0.409. The number of halogens is 1. The zero-order valence-corrected chi connectivity index (χ0v) is 18.6. The first-order chi connectivity index (χ1) is 14.6. The van der Waals surface area contributed by atoms with Crippen molar-refractivity contribution in [3.63, 3.8) is 0 Å². The van der Waals surface area contributed by atoms with Gasteiger partial charge in [0.15, 0.2) is 16.8 Å². The number of nitrogens with zero attached hydrogens (tertiary/aromatic N) is 4. The van der Waals surface area contributed by atoms with Gasteiger partial charge in [0.05, 0.1) is 17.2 Å². The van der Waals surface area contributed by atoms with Crippen molar-refractivity contribution in [1.82, 2.24) is 19.7 Å². The van der Waals surface area contributed by atoms with Gasteiger partial charge in [-0.2, -0.15) is 0 Å². The molecular formula is C22H25FN4OS2. The van der Waals surface area contributed by atoms with Gasteiger partial charge in [0.2, 0.25) is 0 Å². The van der Waals surface area contributed by atoms with Crippen LogP contribution in [0.1, 0.15) is 46.6 Å². The lowest BCUT2D eigenvalue weighted by Gasteiger charge is -2.26. The average Bonchev–Trinajstić information content (AvgIpc) is 3.41. The molecule has 4 rings (SSSR count). The number of thiophene rings is 1. The van der Waals surface area contributed by atoms with Crippen LogP contribution < -0.4 is 0 Å². The third kappa shape index (κ3) is 4.99. The van der Waals surface area contributed by atoms with E-state index in [1.165, 1.54) is 48.0 Å². The van der Waals surface area contributed by atoms with Crippen LogP contribution in [0.5, 0.6) is 0 Å². The van der Waals surface area contributed by atoms with Crippen LogP contribution in [0.3, 0.4) is 0 Å². The van der Waals surface area contributed by atoms with Crippen LogP contribution in [0, 0.1) is 5.82 Å². The molecule has 1 aliphatic rings. The summed E-state index contributed by atoms with van der Waals surface area (Å²) in [5.74, 6) is 0.934. The van der Waals surface area contributed by atoms with Gasteiger partial charge >= 0.3 is 0 Å². The smallest absolute Gasteiger partial charge is 0.196 e. The van der Waals surface area contributed by atoms with Crippen molar-refractivity contribution in [3.8, 4) is 5.69 Å². The molecule has 1 saturated heterocycles. The molecular weight excluding hydrogens is 419 g/mol. The van der Waals surface area contributed by atoms with Crippen molar-refractivity contribution in [3.05, 3.63) is 57.8 Å². The van der Waals surface area contributed by atoms with Gasteiger partial charge in [-0.1, -0.05) is 25.1 Å². The Morgan fingerprint density at radius 3 is 2.57 bits per heavy atom. The van der Waals surface area contributed by atoms with E-state index < -0.39 is 0 Å². The molecule has 0 saturated carbocycles. The highest BCUT2D eigenvalue weighted by Crippen LogP contribution is 2.26. The van der Waals surface area contributed by atoms with Gasteiger partial charge < -0.3 is 0 Å². The van der Waals surface area contributed by atoms with E-state index in [2.05, 4.69) is 22.0 Å². The maximum atomic E-state index is 13.5. The number of hydrogen-bond donors (Lipinski definition) is 0. The molecule has 1 aromatic carbocycles. The molecule has 1 aliphatic heterocycles. The second-order valence-corrected chi connectivity index (χ2v) is 9.49. The summed E-state index contributed by atoms with van der Waals surface area (Å²) in [6.07, 6.45) is 4.60. The van der Waals surface area contributed by atoms with Crippen molar-refractivity contribution in [1.29, 1.82) is 0 Å². The highest BCUT2D eigenvalue weighted by atomic mass is 32.2. The van der Waals surface area contributed by atoms with Gasteiger partial charge in [0.1, 0.15) is 5.82 Å². The number of carbonyl (C=O) groups is 1. The molecule has 1 fully saturated rings. The van der Waals surface area contributed by atoms with E-state index in [0.29, 0.717) is 17.5 Å². The summed E-state index contributed by atoms with van der Waals surface area (Å²) in [4.78, 5) is 17.0. The molecule has 30 heavy (non-hydrogen) atoms. The standard InChI is InChI=1S/C22H25FN4OS2/c1-2-18-10-11-20(30-18)19(28)15-29-22-25-24-21(14-26-12-4-3-5-13-26)27(22)17-8-6-16(23)7-9-17/h6-11H,2-5,12-15H2,1H3. The molecule has 8 heteroatoms. The number of thioether (sulfide) groups is 1. The van der Waals surface area contributed by atoms with E-state index in [0.717, 1.165) is 35.9 Å². The van der Waals surface area contributed by atoms with Gasteiger partial charge in [-0.15, -0.1) is 21.5 Å². The number of aromatic nitrogens is 3. The number of aryl methyl sites for hydroxylation is 1. The molecule has 0 spiro atoms. The number of hydrogen-bond acceptors (Lipinski definition) is 6. The summed E-state index contributed by atoms with van der Waals surface area (Å²) in [6.45, 7) is 4.89. The third-order valence-corrected chi connectivity index (χ3v) is 7.42. The zero-order valence-electron chi connectivity index (χ0n) is 17.0. The quantitative estimate of drug-likeness (QED) is 0.362. The predicted octanol–water partition coefficient (Wildman–Crippen LogP) is 4.99. The molecule has 0 bridgehead atoms. The summed E-state index contributed by atoms with van der Waals surface area (Å²) < 4.78 is 15.4. The van der Waals surface area contributed by atoms with Crippen LogP contribution in [0.2, 0.25) is 0 Å². The highest BCUT2D eigenvalue weighted by molar-refractivity contribution is 7.99. The summed E-state index contributed by atoms with van der Waals surface area (Å²) in [5, 5.41) is 9.46. The number of rotatable bonds is 8. The second kappa shape index (κ2) is 9.85. The van der Waals surface area contributed by atoms with Gasteiger partial charge in [0.25, 0.3) is 0 Å². The van der Waals surface area contributed by atoms with Crippen LogP contribution in [-0.2, 0) is 13.0 Å². The lowest BCUT2D eigenvalue weighted by atomic mass is 10.1. The highest BCUT2D eigenvalue weighted by Gasteiger charge is 2.20. The van der Waals surface area contributed by atoms with Gasteiger partial charge in [-0.25, -0.2) is 4.39 Å². The number of benzene rings is 1. The number of Topliss-reactive ketones (excluding diaryl/α,β-unsaturated/α-hetero) is 1. The van der Waals surface area contributed by atoms with E-state index in [-0.39, 0.29) is 11.6 Å². The average molecular weight is 445 g/mol. The SMILES string of the molecule is CCc1ccc(C(=O)CSc2nnc(CN3CCCCC3)n2-c2ccc(F)cc2)s1. The van der Waals surface area contributed by atoms with Gasteiger partial charge in [0, 0.05) is 10.6 Å². The first-order valence-electron chi connectivity index (χ1n) is 10.3. The van der Waals surface area contributed by atoms with E-state index in [1.807, 2.05) is 16.7 Å². The fourth-order valence-corrected chi connectivity index (χ4v) is 5.41. The molecule has 158 valence electrons. The molecule has 3 heterocycles. The molecule has 5 nitrogen and oxygen atoms in total. The molecule has 0 atom stereocenters. The monoisotopic (exact) mass is 444 g/mol. The van der Waals surface area contributed by atoms with Crippen LogP contribution in [-0.4, -0.2) is 44.3 Å². The topological polar surface area (TPSA) is 51.0 Å². The summed E-state index contributed by atoms with van der Waals surface area (Å²) in [5.41, 5.74) is 0.813. The minimum Gasteiger partial charge on any atom is -0.296 e. The molecule has 2 aromatic heterocycles. The van der Waals surface area contributed by atoms with E-state index in [9.17, 15) is 9.18 Å². The number of likely N-dealkylation sites (tertiary alicyclic amines) is 1. The Bertz CT molecular complexity index is 993. The zero-order chi connectivity index (χ0) is 20.9. The Morgan fingerprint density at radius 2 is 1.87 bits per heavy atom. The van der Waals surface area contributed by atoms with Crippen molar-refractivity contribution < 1.29 is 9.18 Å². The Hall–Kier alpha value is -2.03. The molecule has 0 N–H and O–H groups in total. The summed E-state index contributed by atoms with van der Waals surface area (Å²) in [7, 11) is 0. The Balaban J connectivity index is 1.55. The molecule has 0 aliphatic carbocycles. The van der Waals surface area contributed by atoms with Gasteiger partial charge in [-0.05, 0) is 68.8 Å². The Morgan fingerprint density at radius 1 is 1.10 bits per heavy atom. The fourth-order valence-electron chi connectivity index (χ4n) is 3.58. The molecule has 3 aromatic rings. The van der Waals surface area contributed by atoms with Crippen molar-refractivity contribution in [2.45, 2.75) is 44.3 Å². The first kappa shape index (κ1) is 21.2. The van der Waals surface area contributed by atoms with E-state index >= 15 is 0 Å². The first-order valence-corrected chi connectivity index (χ1v) is 12.1. The Kier molecular flexibility index (Phi) is 6.97. The van der Waals surface area contributed by atoms with Crippen molar-refractivity contribution in [2.24, 2.45) is 0 Å². The van der Waals surface area contributed by atoms with Crippen LogP contribution >= 0.6 is 23.1 Å². The largest absolute Gasteiger partial charge is 0.296 e. The third-order valence-electron chi connectivity index (χ3n) is 5.22. The van der Waals surface area contributed by atoms with Crippen molar-refractivity contribution in [2.75, 3.05) is 18.8 Å². The molecule has 0 radical (unpaired) electrons. The maximum absolute atomic E-state index is 13.5. The van der Waals surface area contributed by atoms with Crippen LogP contribution in [0.4, 0.5) is 4.39 Å².